The zero-order valence-electron chi connectivity index (χ0n) is 33.0. The van der Waals surface area contributed by atoms with Crippen LogP contribution in [0.5, 0.6) is 0 Å². The molecular weight excluding hydrogens is 729 g/mol. The van der Waals surface area contributed by atoms with E-state index in [2.05, 4.69) is 228 Å². The van der Waals surface area contributed by atoms with Crippen molar-refractivity contribution in [3.8, 4) is 11.1 Å². The molecule has 9 aromatic rings. The van der Waals surface area contributed by atoms with E-state index in [1.807, 2.05) is 0 Å². The molecule has 0 saturated carbocycles. The van der Waals surface area contributed by atoms with Crippen LogP contribution < -0.4 is 9.80 Å². The molecule has 0 spiro atoms. The lowest BCUT2D eigenvalue weighted by Crippen LogP contribution is -2.10. The quantitative estimate of drug-likeness (QED) is 0.146. The van der Waals surface area contributed by atoms with Gasteiger partial charge in [-0.1, -0.05) is 127 Å². The summed E-state index contributed by atoms with van der Waals surface area (Å²) in [4.78, 5) is 14.5. The van der Waals surface area contributed by atoms with Gasteiger partial charge in [0, 0.05) is 47.0 Å². The molecule has 0 aromatic heterocycles. The van der Waals surface area contributed by atoms with Gasteiger partial charge in [0.15, 0.2) is 0 Å². The highest BCUT2D eigenvalue weighted by molar-refractivity contribution is 6.07. The molecule has 11 rings (SSSR count). The molecule has 0 saturated heterocycles. The highest BCUT2D eigenvalue weighted by atomic mass is 15.1. The fourth-order valence-corrected chi connectivity index (χ4v) is 8.63. The van der Waals surface area contributed by atoms with Crippen molar-refractivity contribution in [2.24, 2.45) is 9.98 Å². The Kier molecular flexibility index (Phi) is 8.94. The van der Waals surface area contributed by atoms with Crippen molar-refractivity contribution in [3.63, 3.8) is 0 Å². The molecule has 0 radical (unpaired) electrons. The van der Waals surface area contributed by atoms with Crippen molar-refractivity contribution in [3.05, 3.63) is 241 Å². The molecule has 60 heavy (non-hydrogen) atoms. The third-order valence-corrected chi connectivity index (χ3v) is 11.7. The average molecular weight is 769 g/mol. The number of rotatable bonds is 9. The van der Waals surface area contributed by atoms with Crippen LogP contribution in [0.15, 0.2) is 228 Å². The number of anilines is 6. The van der Waals surface area contributed by atoms with E-state index >= 15 is 0 Å². The van der Waals surface area contributed by atoms with Gasteiger partial charge in [-0.15, -0.1) is 0 Å². The predicted octanol–water partition coefficient (Wildman–Crippen LogP) is 14.8. The molecule has 0 atom stereocenters. The van der Waals surface area contributed by atoms with E-state index in [9.17, 15) is 0 Å². The second-order valence-corrected chi connectivity index (χ2v) is 15.5. The van der Waals surface area contributed by atoms with Gasteiger partial charge in [0.25, 0.3) is 0 Å². The summed E-state index contributed by atoms with van der Waals surface area (Å²) < 4.78 is 0. The Labute approximate surface area is 350 Å². The van der Waals surface area contributed by atoms with Crippen LogP contribution in [0.2, 0.25) is 0 Å². The van der Waals surface area contributed by atoms with Crippen molar-refractivity contribution in [2.45, 2.75) is 12.8 Å². The highest BCUT2D eigenvalue weighted by Crippen LogP contribution is 2.40. The molecule has 0 aliphatic carbocycles. The molecule has 0 N–H and O–H groups in total. The number of benzene rings is 9. The molecule has 284 valence electrons. The molecule has 0 fully saturated rings. The van der Waals surface area contributed by atoms with E-state index in [4.69, 9.17) is 9.98 Å². The second-order valence-electron chi connectivity index (χ2n) is 15.5. The van der Waals surface area contributed by atoms with Gasteiger partial charge in [-0.05, 0) is 135 Å². The number of fused-ring (bicyclic) bond motifs is 3. The Bertz CT molecular complexity index is 3080. The lowest BCUT2D eigenvalue weighted by molar-refractivity contribution is 1.28. The Morgan fingerprint density at radius 3 is 1.23 bits per heavy atom. The fourth-order valence-electron chi connectivity index (χ4n) is 8.63. The maximum absolute atomic E-state index is 4.94. The summed E-state index contributed by atoms with van der Waals surface area (Å²) >= 11 is 0. The predicted molar refractivity (Wildman–Crippen MR) is 251 cm³/mol. The summed E-state index contributed by atoms with van der Waals surface area (Å²) in [6.45, 7) is 0. The topological polar surface area (TPSA) is 31.2 Å². The van der Waals surface area contributed by atoms with Gasteiger partial charge >= 0.3 is 0 Å². The maximum Gasteiger partial charge on any atom is 0.0669 e. The summed E-state index contributed by atoms with van der Waals surface area (Å²) in [7, 11) is 0. The average Bonchev–Trinajstić information content (AvgIpc) is 3.96. The standard InChI is InChI=1S/C56H40N4/c1-3-15-47(16-4-1)59(49-29-24-39(25-30-49)55-37-45-12-7-9-20-53(45)57-55)51-19-11-14-41(35-51)42-22-23-44-36-52(33-28-43(44)34-42)60(48-17-5-2-6-18-48)50-31-26-40(27-32-50)56-38-46-13-8-10-21-54(46)58-56/h1-36H,37-38H2. The lowest BCUT2D eigenvalue weighted by atomic mass is 9.99. The molecule has 0 amide bonds. The van der Waals surface area contributed by atoms with Crippen molar-refractivity contribution in [2.75, 3.05) is 9.80 Å². The second kappa shape index (κ2) is 15.2. The number of nitrogens with zero attached hydrogens (tertiary/aromatic N) is 4. The van der Waals surface area contributed by atoms with Crippen molar-refractivity contribution in [1.29, 1.82) is 0 Å². The molecule has 4 heteroatoms. The van der Waals surface area contributed by atoms with E-state index < -0.39 is 0 Å². The molecule has 4 nitrogen and oxygen atoms in total. The lowest BCUT2D eigenvalue weighted by Gasteiger charge is -2.26. The summed E-state index contributed by atoms with van der Waals surface area (Å²) in [5, 5.41) is 2.38. The minimum Gasteiger partial charge on any atom is -0.310 e. The molecular formula is C56H40N4. The van der Waals surface area contributed by atoms with Crippen LogP contribution in [0, 0.1) is 0 Å². The first-order valence-electron chi connectivity index (χ1n) is 20.6. The number of hydrogen-bond acceptors (Lipinski definition) is 4. The minimum atomic E-state index is 0.860. The van der Waals surface area contributed by atoms with Gasteiger partial charge in [0.05, 0.1) is 22.8 Å². The molecule has 2 heterocycles. The highest BCUT2D eigenvalue weighted by Gasteiger charge is 2.20. The summed E-state index contributed by atoms with van der Waals surface area (Å²) in [6, 6.07) is 78.2. The normalized spacial score (nSPS) is 12.7. The molecule has 2 aliphatic rings. The smallest absolute Gasteiger partial charge is 0.0669 e. The SMILES string of the molecule is c1ccc(N(c2ccc(C3=Nc4ccccc4C3)cc2)c2cccc(-c3ccc4cc(N(c5ccccc5)c5ccc(C6=Nc7ccccc7C6)cc5)ccc4c3)c2)cc1. The summed E-state index contributed by atoms with van der Waals surface area (Å²) in [5.74, 6) is 0. The third kappa shape index (κ3) is 6.74. The van der Waals surface area contributed by atoms with E-state index in [1.165, 1.54) is 27.5 Å². The first-order chi connectivity index (χ1) is 29.7. The number of hydrogen-bond donors (Lipinski definition) is 0. The Morgan fingerprint density at radius 2 is 0.683 bits per heavy atom. The molecule has 2 aliphatic heterocycles. The van der Waals surface area contributed by atoms with Gasteiger partial charge in [0.1, 0.15) is 0 Å². The van der Waals surface area contributed by atoms with Crippen LogP contribution in [-0.4, -0.2) is 11.4 Å². The zero-order valence-corrected chi connectivity index (χ0v) is 33.0. The summed E-state index contributed by atoms with van der Waals surface area (Å²) in [5.41, 5.74) is 18.2. The van der Waals surface area contributed by atoms with Crippen LogP contribution in [0.3, 0.4) is 0 Å². The first-order valence-corrected chi connectivity index (χ1v) is 20.6. The van der Waals surface area contributed by atoms with Gasteiger partial charge in [-0.25, -0.2) is 0 Å². The van der Waals surface area contributed by atoms with Gasteiger partial charge in [-0.2, -0.15) is 0 Å². The summed E-state index contributed by atoms with van der Waals surface area (Å²) in [6.07, 6.45) is 1.72. The number of aliphatic imine (C=N–C) groups is 2. The monoisotopic (exact) mass is 768 g/mol. The van der Waals surface area contributed by atoms with Crippen LogP contribution in [0.25, 0.3) is 21.9 Å². The Hall–Kier alpha value is -7.82. The Balaban J connectivity index is 0.893. The van der Waals surface area contributed by atoms with Crippen molar-refractivity contribution < 1.29 is 0 Å². The first kappa shape index (κ1) is 35.4. The minimum absolute atomic E-state index is 0.860. The largest absolute Gasteiger partial charge is 0.310 e. The molecule has 0 unspecified atom stereocenters. The van der Waals surface area contributed by atoms with Crippen LogP contribution in [0.4, 0.5) is 45.5 Å². The van der Waals surface area contributed by atoms with E-state index in [1.54, 1.807) is 0 Å². The zero-order chi connectivity index (χ0) is 39.8. The van der Waals surface area contributed by atoms with E-state index in [0.717, 1.165) is 86.5 Å². The van der Waals surface area contributed by atoms with Gasteiger partial charge in [-0.3, -0.25) is 9.98 Å². The molecule has 0 bridgehead atoms. The maximum atomic E-state index is 4.94. The fraction of sp³-hybridized carbons (Fsp3) is 0.0357. The third-order valence-electron chi connectivity index (χ3n) is 11.7. The van der Waals surface area contributed by atoms with Crippen molar-refractivity contribution in [1.82, 2.24) is 0 Å². The molecule has 9 aromatic carbocycles. The van der Waals surface area contributed by atoms with Crippen LogP contribution >= 0.6 is 0 Å². The van der Waals surface area contributed by atoms with Gasteiger partial charge < -0.3 is 9.80 Å². The van der Waals surface area contributed by atoms with Crippen LogP contribution in [-0.2, 0) is 12.8 Å². The van der Waals surface area contributed by atoms with Gasteiger partial charge in [0.2, 0.25) is 0 Å². The Morgan fingerprint density at radius 1 is 0.283 bits per heavy atom. The van der Waals surface area contributed by atoms with Crippen molar-refractivity contribution >= 4 is 67.7 Å². The van der Waals surface area contributed by atoms with E-state index in [-0.39, 0.29) is 0 Å². The van der Waals surface area contributed by atoms with Crippen LogP contribution in [0.1, 0.15) is 22.3 Å². The number of para-hydroxylation sites is 4. The van der Waals surface area contributed by atoms with E-state index in [0.29, 0.717) is 0 Å².